The van der Waals surface area contributed by atoms with Crippen molar-refractivity contribution in [2.45, 2.75) is 0 Å². The summed E-state index contributed by atoms with van der Waals surface area (Å²) in [5, 5.41) is 8.25. The fourth-order valence-corrected chi connectivity index (χ4v) is 0.719. The molecule has 0 amide bonds. The van der Waals surface area contributed by atoms with Crippen LogP contribution in [-0.4, -0.2) is 11.2 Å². The second-order valence-electron chi connectivity index (χ2n) is 2.21. The third-order valence-corrected chi connectivity index (χ3v) is 1.27. The number of aliphatic imine (C=N–C) groups is 1. The zero-order valence-corrected chi connectivity index (χ0v) is 6.46. The predicted octanol–water partition coefficient (Wildman–Crippen LogP) is 0.890. The van der Waals surface area contributed by atoms with E-state index in [9.17, 15) is 8.78 Å². The highest BCUT2D eigenvalue weighted by Gasteiger charge is 2.01. The molecule has 0 radical (unpaired) electrons. The van der Waals surface area contributed by atoms with Crippen LogP contribution in [0.25, 0.3) is 0 Å². The Morgan fingerprint density at radius 3 is 2.62 bits per heavy atom. The quantitative estimate of drug-likeness (QED) is 0.347. The number of guanidine groups is 1. The molecule has 0 aliphatic carbocycles. The van der Waals surface area contributed by atoms with Crippen LogP contribution in [0.4, 0.5) is 14.5 Å². The lowest BCUT2D eigenvalue weighted by molar-refractivity contribution is 0.233. The topological polar surface area (TPSA) is 70.6 Å². The van der Waals surface area contributed by atoms with Crippen LogP contribution in [-0.2, 0) is 0 Å². The number of halogens is 2. The molecule has 4 nitrogen and oxygen atoms in total. The fourth-order valence-electron chi connectivity index (χ4n) is 0.719. The monoisotopic (exact) mass is 187 g/mol. The van der Waals surface area contributed by atoms with Crippen molar-refractivity contribution in [2.75, 3.05) is 0 Å². The van der Waals surface area contributed by atoms with Crippen LogP contribution in [0.5, 0.6) is 0 Å². The summed E-state index contributed by atoms with van der Waals surface area (Å²) in [6.07, 6.45) is 0. The second kappa shape index (κ2) is 3.81. The summed E-state index contributed by atoms with van der Waals surface area (Å²) < 4.78 is 25.0. The maximum atomic E-state index is 12.6. The average Bonchev–Trinajstić information content (AvgIpc) is 2.11. The van der Waals surface area contributed by atoms with Crippen molar-refractivity contribution in [1.29, 1.82) is 0 Å². The first kappa shape index (κ1) is 9.40. The molecular weight excluding hydrogens is 180 g/mol. The standard InChI is InChI=1S/C7H7F2N3O/c8-5-2-1-4(3-6(5)9)11-7(10)12-13/h1-3,13H,(H3,10,11,12). The van der Waals surface area contributed by atoms with Gasteiger partial charge in [-0.25, -0.2) is 19.3 Å². The Bertz CT molecular complexity index is 341. The van der Waals surface area contributed by atoms with E-state index in [2.05, 4.69) is 4.99 Å². The zero-order chi connectivity index (χ0) is 9.84. The van der Waals surface area contributed by atoms with E-state index in [0.29, 0.717) is 0 Å². The van der Waals surface area contributed by atoms with Gasteiger partial charge in [0.05, 0.1) is 5.69 Å². The largest absolute Gasteiger partial charge is 0.368 e. The van der Waals surface area contributed by atoms with Gasteiger partial charge in [-0.2, -0.15) is 0 Å². The first-order valence-electron chi connectivity index (χ1n) is 3.33. The van der Waals surface area contributed by atoms with Crippen LogP contribution in [0.1, 0.15) is 0 Å². The van der Waals surface area contributed by atoms with Crippen molar-refractivity contribution < 1.29 is 14.0 Å². The Labute approximate surface area is 72.7 Å². The summed E-state index contributed by atoms with van der Waals surface area (Å²) >= 11 is 0. The summed E-state index contributed by atoms with van der Waals surface area (Å²) in [6.45, 7) is 0. The molecule has 1 aromatic carbocycles. The Morgan fingerprint density at radius 1 is 1.38 bits per heavy atom. The smallest absolute Gasteiger partial charge is 0.218 e. The molecule has 0 aromatic heterocycles. The minimum Gasteiger partial charge on any atom is -0.368 e. The van der Waals surface area contributed by atoms with E-state index in [1.54, 1.807) is 5.48 Å². The van der Waals surface area contributed by atoms with E-state index in [0.717, 1.165) is 12.1 Å². The van der Waals surface area contributed by atoms with Gasteiger partial charge >= 0.3 is 0 Å². The first-order chi connectivity index (χ1) is 6.13. The van der Waals surface area contributed by atoms with Gasteiger partial charge in [0.2, 0.25) is 5.96 Å². The number of nitrogens with one attached hydrogen (secondary N) is 1. The predicted molar refractivity (Wildman–Crippen MR) is 42.6 cm³/mol. The molecule has 0 fully saturated rings. The summed E-state index contributed by atoms with van der Waals surface area (Å²) in [7, 11) is 0. The number of benzene rings is 1. The molecule has 0 aliphatic rings. The lowest BCUT2D eigenvalue weighted by Gasteiger charge is -1.98. The molecule has 4 N–H and O–H groups in total. The highest BCUT2D eigenvalue weighted by Crippen LogP contribution is 2.15. The summed E-state index contributed by atoms with van der Waals surface area (Å²) in [5.41, 5.74) is 6.73. The number of hydrogen-bond acceptors (Lipinski definition) is 2. The van der Waals surface area contributed by atoms with Gasteiger partial charge in [-0.3, -0.25) is 5.21 Å². The molecule has 70 valence electrons. The van der Waals surface area contributed by atoms with Crippen molar-refractivity contribution >= 4 is 11.6 Å². The number of nitrogens with zero attached hydrogens (tertiary/aromatic N) is 1. The Hall–Kier alpha value is -1.69. The van der Waals surface area contributed by atoms with Crippen LogP contribution < -0.4 is 11.2 Å². The van der Waals surface area contributed by atoms with Gasteiger partial charge in [0.25, 0.3) is 0 Å². The van der Waals surface area contributed by atoms with Crippen LogP contribution in [0.15, 0.2) is 23.2 Å². The lowest BCUT2D eigenvalue weighted by Crippen LogP contribution is -2.27. The molecule has 0 heterocycles. The third-order valence-electron chi connectivity index (χ3n) is 1.27. The van der Waals surface area contributed by atoms with Crippen LogP contribution in [0.3, 0.4) is 0 Å². The SMILES string of the molecule is NC(=Nc1ccc(F)c(F)c1)NO. The molecule has 0 saturated heterocycles. The molecule has 1 aromatic rings. The maximum Gasteiger partial charge on any atom is 0.218 e. The van der Waals surface area contributed by atoms with Gasteiger partial charge in [0.15, 0.2) is 11.6 Å². The molecule has 0 saturated carbocycles. The number of nitrogens with two attached hydrogens (primary N) is 1. The fraction of sp³-hybridized carbons (Fsp3) is 0. The van der Waals surface area contributed by atoms with Crippen LogP contribution >= 0.6 is 0 Å². The summed E-state index contributed by atoms with van der Waals surface area (Å²) in [4.78, 5) is 3.51. The van der Waals surface area contributed by atoms with Crippen molar-refractivity contribution in [3.05, 3.63) is 29.8 Å². The molecule has 0 spiro atoms. The molecule has 0 aliphatic heterocycles. The van der Waals surface area contributed by atoms with E-state index >= 15 is 0 Å². The molecule has 0 atom stereocenters. The summed E-state index contributed by atoms with van der Waals surface area (Å²) in [5.74, 6) is -2.28. The van der Waals surface area contributed by atoms with Gasteiger partial charge < -0.3 is 5.73 Å². The van der Waals surface area contributed by atoms with Crippen LogP contribution in [0, 0.1) is 11.6 Å². The number of rotatable bonds is 1. The first-order valence-corrected chi connectivity index (χ1v) is 3.33. The van der Waals surface area contributed by atoms with Gasteiger partial charge in [0.1, 0.15) is 0 Å². The van der Waals surface area contributed by atoms with Crippen LogP contribution in [0.2, 0.25) is 0 Å². The Morgan fingerprint density at radius 2 is 2.08 bits per heavy atom. The highest BCUT2D eigenvalue weighted by atomic mass is 19.2. The van der Waals surface area contributed by atoms with E-state index in [-0.39, 0.29) is 11.6 Å². The van der Waals surface area contributed by atoms with E-state index < -0.39 is 11.6 Å². The Kier molecular flexibility index (Phi) is 2.76. The molecule has 1 rings (SSSR count). The van der Waals surface area contributed by atoms with E-state index in [1.165, 1.54) is 6.07 Å². The second-order valence-corrected chi connectivity index (χ2v) is 2.21. The van der Waals surface area contributed by atoms with Crippen molar-refractivity contribution in [2.24, 2.45) is 10.7 Å². The maximum absolute atomic E-state index is 12.6. The third kappa shape index (κ3) is 2.38. The van der Waals surface area contributed by atoms with Gasteiger partial charge in [-0.1, -0.05) is 0 Å². The highest BCUT2D eigenvalue weighted by molar-refractivity contribution is 5.79. The molecule has 13 heavy (non-hydrogen) atoms. The zero-order valence-electron chi connectivity index (χ0n) is 6.46. The van der Waals surface area contributed by atoms with E-state index in [1.807, 2.05) is 0 Å². The number of hydroxylamine groups is 1. The lowest BCUT2D eigenvalue weighted by atomic mass is 10.3. The molecule has 0 bridgehead atoms. The normalized spacial score (nSPS) is 11.5. The molecular formula is C7H7F2N3O. The van der Waals surface area contributed by atoms with Crippen molar-refractivity contribution in [1.82, 2.24) is 5.48 Å². The molecule has 0 unspecified atom stereocenters. The Balaban J connectivity index is 2.98. The van der Waals surface area contributed by atoms with Gasteiger partial charge in [-0.05, 0) is 12.1 Å². The average molecular weight is 187 g/mol. The minimum absolute atomic E-state index is 0.109. The minimum atomic E-state index is -1.02. The van der Waals surface area contributed by atoms with Gasteiger partial charge in [-0.15, -0.1) is 0 Å². The number of hydrogen-bond donors (Lipinski definition) is 3. The van der Waals surface area contributed by atoms with Crippen molar-refractivity contribution in [3.8, 4) is 0 Å². The van der Waals surface area contributed by atoms with Gasteiger partial charge in [0, 0.05) is 6.07 Å². The van der Waals surface area contributed by atoms with Crippen molar-refractivity contribution in [3.63, 3.8) is 0 Å². The van der Waals surface area contributed by atoms with E-state index in [4.69, 9.17) is 10.9 Å². The summed E-state index contributed by atoms with van der Waals surface area (Å²) in [6, 6.07) is 3.00. The molecule has 6 heteroatoms.